The Hall–Kier alpha value is -2.11. The number of ether oxygens (including phenoxy) is 1. The van der Waals surface area contributed by atoms with E-state index in [9.17, 15) is 14.0 Å². The van der Waals surface area contributed by atoms with E-state index in [-0.39, 0.29) is 18.3 Å². The molecule has 1 saturated carbocycles. The number of aliphatic carboxylic acids is 1. The molecule has 0 bridgehead atoms. The van der Waals surface area contributed by atoms with Gasteiger partial charge < -0.3 is 14.7 Å². The van der Waals surface area contributed by atoms with Gasteiger partial charge in [0.25, 0.3) is 0 Å². The van der Waals surface area contributed by atoms with Crippen molar-refractivity contribution in [2.45, 2.75) is 6.42 Å². The number of hydrogen-bond donors (Lipinski definition) is 1. The fourth-order valence-electron chi connectivity index (χ4n) is 1.99. The van der Waals surface area contributed by atoms with Gasteiger partial charge in [0.1, 0.15) is 18.2 Å². The van der Waals surface area contributed by atoms with Crippen LogP contribution in [0.5, 0.6) is 5.75 Å². The van der Waals surface area contributed by atoms with E-state index in [1.165, 1.54) is 17.0 Å². The van der Waals surface area contributed by atoms with Crippen molar-refractivity contribution < 1.29 is 23.8 Å². The van der Waals surface area contributed by atoms with Gasteiger partial charge in [-0.05, 0) is 18.6 Å². The van der Waals surface area contributed by atoms with Crippen molar-refractivity contribution in [3.05, 3.63) is 30.1 Å². The molecule has 0 saturated heterocycles. The van der Waals surface area contributed by atoms with Crippen LogP contribution in [0.3, 0.4) is 0 Å². The molecule has 0 heterocycles. The molecular weight excluding hydrogens is 265 g/mol. The Morgan fingerprint density at radius 2 is 2.20 bits per heavy atom. The van der Waals surface area contributed by atoms with Gasteiger partial charge in [0.05, 0.1) is 18.4 Å². The lowest BCUT2D eigenvalue weighted by molar-refractivity contribution is -0.141. The molecule has 2 rings (SSSR count). The van der Waals surface area contributed by atoms with Crippen molar-refractivity contribution in [3.8, 4) is 5.75 Å². The highest BCUT2D eigenvalue weighted by Gasteiger charge is 2.49. The highest BCUT2D eigenvalue weighted by molar-refractivity contribution is 5.89. The molecule has 0 spiro atoms. The van der Waals surface area contributed by atoms with Gasteiger partial charge >= 0.3 is 5.97 Å². The van der Waals surface area contributed by atoms with Crippen molar-refractivity contribution in [1.29, 1.82) is 0 Å². The lowest BCUT2D eigenvalue weighted by Gasteiger charge is -2.17. The fourth-order valence-corrected chi connectivity index (χ4v) is 1.99. The standard InChI is InChI=1S/C14H16FNO4/c1-16(13(17)11-8-12(11)14(18)19)5-6-20-10-4-2-3-9(15)7-10/h2-4,7,11-12H,5-6,8H2,1H3,(H,18,19)/t11-,12+/m1/s1. The lowest BCUT2D eigenvalue weighted by atomic mass is 10.3. The van der Waals surface area contributed by atoms with E-state index in [0.717, 1.165) is 0 Å². The summed E-state index contributed by atoms with van der Waals surface area (Å²) in [6.45, 7) is 0.564. The number of hydrogen-bond acceptors (Lipinski definition) is 3. The molecule has 1 aromatic carbocycles. The van der Waals surface area contributed by atoms with Crippen LogP contribution in [0.4, 0.5) is 4.39 Å². The first kappa shape index (κ1) is 14.3. The highest BCUT2D eigenvalue weighted by atomic mass is 19.1. The van der Waals surface area contributed by atoms with Gasteiger partial charge in [-0.2, -0.15) is 0 Å². The number of halogens is 1. The molecule has 1 fully saturated rings. The van der Waals surface area contributed by atoms with E-state index in [0.29, 0.717) is 18.7 Å². The first-order valence-electron chi connectivity index (χ1n) is 6.35. The zero-order valence-electron chi connectivity index (χ0n) is 11.1. The highest BCUT2D eigenvalue weighted by Crippen LogP contribution is 2.39. The van der Waals surface area contributed by atoms with E-state index in [4.69, 9.17) is 9.84 Å². The molecule has 5 nitrogen and oxygen atoms in total. The smallest absolute Gasteiger partial charge is 0.307 e. The molecule has 1 aliphatic carbocycles. The van der Waals surface area contributed by atoms with Gasteiger partial charge in [-0.25, -0.2) is 4.39 Å². The topological polar surface area (TPSA) is 66.8 Å². The predicted octanol–water partition coefficient (Wildman–Crippen LogP) is 1.38. The Kier molecular flexibility index (Phi) is 4.22. The maximum Gasteiger partial charge on any atom is 0.307 e. The number of amides is 1. The SMILES string of the molecule is CN(CCOc1cccc(F)c1)C(=O)[C@@H]1C[C@@H]1C(=O)O. The molecule has 0 unspecified atom stereocenters. The van der Waals surface area contributed by atoms with Crippen LogP contribution >= 0.6 is 0 Å². The van der Waals surface area contributed by atoms with Gasteiger partial charge in [0, 0.05) is 13.1 Å². The Morgan fingerprint density at radius 1 is 1.45 bits per heavy atom. The summed E-state index contributed by atoms with van der Waals surface area (Å²) in [6.07, 6.45) is 0.406. The number of rotatable bonds is 6. The number of carbonyl (C=O) groups is 2. The lowest BCUT2D eigenvalue weighted by Crippen LogP contribution is -2.32. The number of nitrogens with zero attached hydrogens (tertiary/aromatic N) is 1. The second-order valence-corrected chi connectivity index (χ2v) is 4.85. The molecular formula is C14H16FNO4. The van der Waals surface area contributed by atoms with Gasteiger partial charge in [0.2, 0.25) is 5.91 Å². The van der Waals surface area contributed by atoms with Crippen molar-refractivity contribution in [2.24, 2.45) is 11.8 Å². The average molecular weight is 281 g/mol. The van der Waals surface area contributed by atoms with Crippen LogP contribution in [0, 0.1) is 17.7 Å². The Bertz CT molecular complexity index is 520. The summed E-state index contributed by atoms with van der Waals surface area (Å²) >= 11 is 0. The molecule has 0 aliphatic heterocycles. The fraction of sp³-hybridized carbons (Fsp3) is 0.429. The number of benzene rings is 1. The van der Waals surface area contributed by atoms with E-state index >= 15 is 0 Å². The normalized spacial score (nSPS) is 20.3. The summed E-state index contributed by atoms with van der Waals surface area (Å²) in [5.74, 6) is -2.04. The van der Waals surface area contributed by atoms with Crippen LogP contribution < -0.4 is 4.74 Å². The summed E-state index contributed by atoms with van der Waals surface area (Å²) in [5.41, 5.74) is 0. The van der Waals surface area contributed by atoms with Crippen molar-refractivity contribution in [1.82, 2.24) is 4.90 Å². The minimum Gasteiger partial charge on any atom is -0.492 e. The van der Waals surface area contributed by atoms with Gasteiger partial charge in [-0.3, -0.25) is 9.59 Å². The summed E-state index contributed by atoms with van der Waals surface area (Å²) in [5, 5.41) is 8.77. The Balaban J connectivity index is 1.74. The third kappa shape index (κ3) is 3.46. The van der Waals surface area contributed by atoms with Crippen molar-refractivity contribution in [2.75, 3.05) is 20.2 Å². The second-order valence-electron chi connectivity index (χ2n) is 4.85. The van der Waals surface area contributed by atoms with Crippen LogP contribution in [-0.2, 0) is 9.59 Å². The van der Waals surface area contributed by atoms with Gasteiger partial charge in [0.15, 0.2) is 0 Å². The van der Waals surface area contributed by atoms with Gasteiger partial charge in [-0.15, -0.1) is 0 Å². The first-order valence-corrected chi connectivity index (χ1v) is 6.35. The third-order valence-electron chi connectivity index (χ3n) is 3.29. The molecule has 6 heteroatoms. The molecule has 1 amide bonds. The minimum absolute atomic E-state index is 0.180. The molecule has 1 aliphatic rings. The Morgan fingerprint density at radius 3 is 2.80 bits per heavy atom. The number of carboxylic acids is 1. The molecule has 2 atom stereocenters. The van der Waals surface area contributed by atoms with Crippen LogP contribution in [0.15, 0.2) is 24.3 Å². The molecule has 108 valence electrons. The average Bonchev–Trinajstić information content (AvgIpc) is 3.18. The maximum absolute atomic E-state index is 12.9. The van der Waals surface area contributed by atoms with E-state index in [1.54, 1.807) is 19.2 Å². The van der Waals surface area contributed by atoms with Crippen LogP contribution in [0.2, 0.25) is 0 Å². The Labute approximate surface area is 116 Å². The largest absolute Gasteiger partial charge is 0.492 e. The molecule has 20 heavy (non-hydrogen) atoms. The predicted molar refractivity (Wildman–Crippen MR) is 68.8 cm³/mol. The van der Waals surface area contributed by atoms with Crippen LogP contribution in [-0.4, -0.2) is 42.1 Å². The molecule has 0 aromatic heterocycles. The number of carboxylic acid groups (broad SMARTS) is 1. The summed E-state index contributed by atoms with van der Waals surface area (Å²) < 4.78 is 18.2. The zero-order chi connectivity index (χ0) is 14.7. The van der Waals surface area contributed by atoms with E-state index < -0.39 is 17.8 Å². The monoisotopic (exact) mass is 281 g/mol. The van der Waals surface area contributed by atoms with E-state index in [1.807, 2.05) is 0 Å². The second kappa shape index (κ2) is 5.90. The number of likely N-dealkylation sites (N-methyl/N-ethyl adjacent to an activating group) is 1. The first-order chi connectivity index (χ1) is 9.49. The third-order valence-corrected chi connectivity index (χ3v) is 3.29. The van der Waals surface area contributed by atoms with Crippen molar-refractivity contribution in [3.63, 3.8) is 0 Å². The summed E-state index contributed by atoms with van der Waals surface area (Å²) in [6, 6.07) is 5.76. The van der Waals surface area contributed by atoms with Crippen LogP contribution in [0.25, 0.3) is 0 Å². The van der Waals surface area contributed by atoms with Crippen LogP contribution in [0.1, 0.15) is 6.42 Å². The maximum atomic E-state index is 12.9. The summed E-state index contributed by atoms with van der Waals surface area (Å²) in [7, 11) is 1.61. The van der Waals surface area contributed by atoms with Gasteiger partial charge in [-0.1, -0.05) is 6.07 Å². The molecule has 1 aromatic rings. The molecule has 0 radical (unpaired) electrons. The quantitative estimate of drug-likeness (QED) is 0.855. The summed E-state index contributed by atoms with van der Waals surface area (Å²) in [4.78, 5) is 24.0. The molecule has 1 N–H and O–H groups in total. The van der Waals surface area contributed by atoms with Crippen molar-refractivity contribution >= 4 is 11.9 Å². The minimum atomic E-state index is -0.923. The zero-order valence-corrected chi connectivity index (χ0v) is 11.1. The number of carbonyl (C=O) groups excluding carboxylic acids is 1. The van der Waals surface area contributed by atoms with E-state index in [2.05, 4.69) is 0 Å².